The molecule has 6 nitrogen and oxygen atoms in total. The number of hydrogen-bond donors (Lipinski definition) is 2. The van der Waals surface area contributed by atoms with E-state index < -0.39 is 0 Å². The van der Waals surface area contributed by atoms with E-state index in [4.69, 9.17) is 5.73 Å². The van der Waals surface area contributed by atoms with Crippen molar-refractivity contribution in [3.05, 3.63) is 11.6 Å². The van der Waals surface area contributed by atoms with Gasteiger partial charge in [0.25, 0.3) is 0 Å². The van der Waals surface area contributed by atoms with Gasteiger partial charge in [0.05, 0.1) is 0 Å². The first kappa shape index (κ1) is 17.4. The van der Waals surface area contributed by atoms with E-state index in [2.05, 4.69) is 10.3 Å². The van der Waals surface area contributed by atoms with Crippen molar-refractivity contribution in [1.82, 2.24) is 9.88 Å². The van der Waals surface area contributed by atoms with Crippen LogP contribution in [0.1, 0.15) is 51.4 Å². The molecular formula is C17H26N4O2S. The first-order chi connectivity index (χ1) is 11.6. The Hall–Kier alpha value is -1.47. The third kappa shape index (κ3) is 3.78. The van der Waals surface area contributed by atoms with Crippen molar-refractivity contribution in [2.24, 2.45) is 11.1 Å². The second kappa shape index (κ2) is 7.61. The van der Waals surface area contributed by atoms with Crippen LogP contribution < -0.4 is 11.1 Å². The maximum absolute atomic E-state index is 12.9. The van der Waals surface area contributed by atoms with Gasteiger partial charge in [-0.1, -0.05) is 19.3 Å². The maximum Gasteiger partial charge on any atom is 0.248 e. The van der Waals surface area contributed by atoms with Crippen molar-refractivity contribution >= 4 is 28.3 Å². The zero-order valence-electron chi connectivity index (χ0n) is 14.0. The summed E-state index contributed by atoms with van der Waals surface area (Å²) in [6, 6.07) is -0.375. The van der Waals surface area contributed by atoms with Gasteiger partial charge in [-0.2, -0.15) is 0 Å². The summed E-state index contributed by atoms with van der Waals surface area (Å²) >= 11 is 1.39. The average molecular weight is 350 g/mol. The molecule has 1 aromatic rings. The van der Waals surface area contributed by atoms with Crippen LogP contribution in [0, 0.1) is 5.41 Å². The molecule has 1 saturated heterocycles. The number of carbonyl (C=O) groups is 2. The summed E-state index contributed by atoms with van der Waals surface area (Å²) in [6.45, 7) is 1.22. The largest absolute Gasteiger partial charge is 0.331 e. The fraction of sp³-hybridized carbons (Fsp3) is 0.706. The van der Waals surface area contributed by atoms with Crippen molar-refractivity contribution in [3.63, 3.8) is 0 Å². The molecule has 1 aromatic heterocycles. The third-order valence-corrected chi connectivity index (χ3v) is 6.10. The smallest absolute Gasteiger partial charge is 0.248 e. The molecule has 3 rings (SSSR count). The lowest BCUT2D eigenvalue weighted by Crippen LogP contribution is -2.46. The molecule has 2 heterocycles. The molecule has 0 bridgehead atoms. The van der Waals surface area contributed by atoms with E-state index >= 15 is 0 Å². The fourth-order valence-electron chi connectivity index (χ4n) is 3.99. The van der Waals surface area contributed by atoms with Crippen molar-refractivity contribution in [2.75, 3.05) is 18.4 Å². The average Bonchev–Trinajstić information content (AvgIpc) is 3.27. The number of aromatic nitrogens is 1. The molecular weight excluding hydrogens is 324 g/mol. The minimum Gasteiger partial charge on any atom is -0.331 e. The molecule has 2 aliphatic rings. The highest BCUT2D eigenvalue weighted by Gasteiger charge is 2.39. The van der Waals surface area contributed by atoms with Crippen LogP contribution in [0.4, 0.5) is 5.13 Å². The van der Waals surface area contributed by atoms with E-state index in [1.165, 1.54) is 17.8 Å². The van der Waals surface area contributed by atoms with Gasteiger partial charge in [-0.25, -0.2) is 4.98 Å². The van der Waals surface area contributed by atoms with E-state index in [9.17, 15) is 9.59 Å². The molecule has 2 fully saturated rings. The van der Waals surface area contributed by atoms with Crippen LogP contribution in [0.25, 0.3) is 0 Å². The minimum absolute atomic E-state index is 0.0613. The van der Waals surface area contributed by atoms with Crippen LogP contribution in [0.5, 0.6) is 0 Å². The Kier molecular flexibility index (Phi) is 5.50. The van der Waals surface area contributed by atoms with Crippen molar-refractivity contribution in [2.45, 2.75) is 57.4 Å². The van der Waals surface area contributed by atoms with Crippen LogP contribution >= 0.6 is 11.3 Å². The minimum atomic E-state index is -0.375. The summed E-state index contributed by atoms with van der Waals surface area (Å²) in [5.41, 5.74) is 5.95. The molecule has 1 atom stereocenters. The van der Waals surface area contributed by atoms with Gasteiger partial charge in [-0.05, 0) is 37.6 Å². The van der Waals surface area contributed by atoms with E-state index in [0.717, 1.165) is 38.5 Å². The Balaban J connectivity index is 1.63. The molecule has 0 aromatic carbocycles. The monoisotopic (exact) mass is 350 g/mol. The lowest BCUT2D eigenvalue weighted by Gasteiger charge is -2.37. The third-order valence-electron chi connectivity index (χ3n) is 5.41. The van der Waals surface area contributed by atoms with Gasteiger partial charge in [0.1, 0.15) is 6.04 Å². The highest BCUT2D eigenvalue weighted by atomic mass is 32.1. The molecule has 24 heavy (non-hydrogen) atoms. The molecule has 132 valence electrons. The molecule has 0 radical (unpaired) electrons. The molecule has 1 saturated carbocycles. The van der Waals surface area contributed by atoms with Crippen LogP contribution in [-0.4, -0.2) is 40.8 Å². The zero-order chi connectivity index (χ0) is 17.0. The predicted molar refractivity (Wildman–Crippen MR) is 94.7 cm³/mol. The first-order valence-electron chi connectivity index (χ1n) is 8.83. The van der Waals surface area contributed by atoms with Crippen LogP contribution in [0.3, 0.4) is 0 Å². The van der Waals surface area contributed by atoms with Gasteiger partial charge in [-0.15, -0.1) is 11.3 Å². The zero-order valence-corrected chi connectivity index (χ0v) is 14.8. The van der Waals surface area contributed by atoms with Crippen molar-refractivity contribution in [1.29, 1.82) is 0 Å². The lowest BCUT2D eigenvalue weighted by atomic mass is 9.71. The molecule has 7 heteroatoms. The summed E-state index contributed by atoms with van der Waals surface area (Å²) in [5.74, 6) is -0.0413. The number of anilines is 1. The van der Waals surface area contributed by atoms with Gasteiger partial charge in [0.15, 0.2) is 5.13 Å². The van der Waals surface area contributed by atoms with Crippen molar-refractivity contribution < 1.29 is 9.59 Å². The first-order valence-corrected chi connectivity index (χ1v) is 9.71. The molecule has 0 spiro atoms. The Morgan fingerprint density at radius 1 is 1.33 bits per heavy atom. The Labute approximate surface area is 146 Å². The molecule has 1 aliphatic carbocycles. The number of rotatable bonds is 5. The summed E-state index contributed by atoms with van der Waals surface area (Å²) in [6.07, 6.45) is 9.32. The SMILES string of the molecule is NCC1(CC(=O)N2CCCC2C(=O)Nc2nccs2)CCCCC1. The number of carbonyl (C=O) groups excluding carboxylic acids is 2. The highest BCUT2D eigenvalue weighted by molar-refractivity contribution is 7.13. The van der Waals surface area contributed by atoms with Gasteiger partial charge < -0.3 is 16.0 Å². The summed E-state index contributed by atoms with van der Waals surface area (Å²) < 4.78 is 0. The Bertz CT molecular complexity index is 569. The van der Waals surface area contributed by atoms with Crippen molar-refractivity contribution in [3.8, 4) is 0 Å². The Morgan fingerprint density at radius 3 is 2.79 bits per heavy atom. The molecule has 2 amide bonds. The number of hydrogen-bond acceptors (Lipinski definition) is 5. The quantitative estimate of drug-likeness (QED) is 0.853. The van der Waals surface area contributed by atoms with Crippen LogP contribution in [-0.2, 0) is 9.59 Å². The standard InChI is InChI=1S/C17H26N4O2S/c18-12-17(6-2-1-3-7-17)11-14(22)21-9-4-5-13(21)15(23)20-16-19-8-10-24-16/h8,10,13H,1-7,9,11-12,18H2,(H,19,20,23). The van der Waals surface area contributed by atoms with Gasteiger partial charge >= 0.3 is 0 Å². The van der Waals surface area contributed by atoms with E-state index in [1.807, 2.05) is 5.38 Å². The molecule has 1 unspecified atom stereocenters. The normalized spacial score (nSPS) is 23.2. The highest BCUT2D eigenvalue weighted by Crippen LogP contribution is 2.39. The van der Waals surface area contributed by atoms with Gasteiger partial charge in [0, 0.05) is 24.5 Å². The lowest BCUT2D eigenvalue weighted by molar-refractivity contribution is -0.139. The fourth-order valence-corrected chi connectivity index (χ4v) is 4.52. The molecule has 1 aliphatic heterocycles. The number of likely N-dealkylation sites (tertiary alicyclic amines) is 1. The van der Waals surface area contributed by atoms with Crippen LogP contribution in [0.2, 0.25) is 0 Å². The van der Waals surface area contributed by atoms with E-state index in [0.29, 0.717) is 24.6 Å². The summed E-state index contributed by atoms with van der Waals surface area (Å²) in [7, 11) is 0. The van der Waals surface area contributed by atoms with E-state index in [-0.39, 0.29) is 23.3 Å². The van der Waals surface area contributed by atoms with Crippen LogP contribution in [0.15, 0.2) is 11.6 Å². The topological polar surface area (TPSA) is 88.3 Å². The Morgan fingerprint density at radius 2 is 2.12 bits per heavy atom. The summed E-state index contributed by atoms with van der Waals surface area (Å²) in [5, 5.41) is 5.23. The van der Waals surface area contributed by atoms with E-state index in [1.54, 1.807) is 11.1 Å². The second-order valence-electron chi connectivity index (χ2n) is 7.01. The summed E-state index contributed by atoms with van der Waals surface area (Å²) in [4.78, 5) is 31.2. The number of thiazole rings is 1. The second-order valence-corrected chi connectivity index (χ2v) is 7.91. The number of amides is 2. The maximum atomic E-state index is 12.9. The number of nitrogens with zero attached hydrogens (tertiary/aromatic N) is 2. The molecule has 3 N–H and O–H groups in total. The van der Waals surface area contributed by atoms with Gasteiger partial charge in [0.2, 0.25) is 11.8 Å². The van der Waals surface area contributed by atoms with Gasteiger partial charge in [-0.3, -0.25) is 9.59 Å². The number of nitrogens with one attached hydrogen (secondary N) is 1. The predicted octanol–water partition coefficient (Wildman–Crippen LogP) is 2.37. The number of nitrogens with two attached hydrogens (primary N) is 1.